The Labute approximate surface area is 194 Å². The second-order valence-corrected chi connectivity index (χ2v) is 8.49. The molecular formula is C25H30N4O4. The normalized spacial score (nSPS) is 12.3. The summed E-state index contributed by atoms with van der Waals surface area (Å²) in [5.74, 6) is 2.71. The van der Waals surface area contributed by atoms with Crippen molar-refractivity contribution < 1.29 is 19.0 Å². The highest BCUT2D eigenvalue weighted by Crippen LogP contribution is 2.37. The number of rotatable bonds is 8. The lowest BCUT2D eigenvalue weighted by Crippen LogP contribution is -2.37. The number of carbonyl (C=O) groups is 1. The zero-order valence-electron chi connectivity index (χ0n) is 19.8. The van der Waals surface area contributed by atoms with Gasteiger partial charge < -0.3 is 28.9 Å². The first-order valence-electron chi connectivity index (χ1n) is 10.8. The van der Waals surface area contributed by atoms with E-state index in [0.717, 1.165) is 28.8 Å². The summed E-state index contributed by atoms with van der Waals surface area (Å²) in [5.41, 5.74) is 2.32. The fourth-order valence-corrected chi connectivity index (χ4v) is 3.87. The number of ether oxygens (including phenoxy) is 3. The monoisotopic (exact) mass is 450 g/mol. The molecule has 0 saturated carbocycles. The molecule has 1 aromatic heterocycles. The van der Waals surface area contributed by atoms with Crippen LogP contribution in [0.1, 0.15) is 15.9 Å². The fraction of sp³-hybridized carbons (Fsp3) is 0.360. The Morgan fingerprint density at radius 3 is 2.45 bits per heavy atom. The summed E-state index contributed by atoms with van der Waals surface area (Å²) >= 11 is 0. The number of amides is 1. The number of hydrogen-bond donors (Lipinski definition) is 0. The standard InChI is InChI=1S/C25H30N4O4/c1-27(2)10-11-29(25(30)19-8-6-7-9-21(19)31-5)15-18-12-17-13-22-23(33-16-32-22)14-20(17)26-24(18)28(3)4/h6-9,12-14H,10-11,15-16H2,1-5H3. The molecule has 3 aromatic rings. The van der Waals surface area contributed by atoms with Crippen LogP contribution >= 0.6 is 0 Å². The van der Waals surface area contributed by atoms with E-state index in [1.165, 1.54) is 0 Å². The molecule has 0 unspecified atom stereocenters. The van der Waals surface area contributed by atoms with Gasteiger partial charge in [0.15, 0.2) is 11.5 Å². The molecule has 0 N–H and O–H groups in total. The number of anilines is 1. The van der Waals surface area contributed by atoms with Gasteiger partial charge in [-0.15, -0.1) is 0 Å². The molecule has 1 aliphatic rings. The minimum atomic E-state index is -0.0789. The van der Waals surface area contributed by atoms with Crippen LogP contribution < -0.4 is 19.1 Å². The van der Waals surface area contributed by atoms with E-state index in [0.29, 0.717) is 35.9 Å². The highest BCUT2D eigenvalue weighted by molar-refractivity contribution is 5.97. The number of pyridine rings is 1. The molecule has 174 valence electrons. The van der Waals surface area contributed by atoms with E-state index in [2.05, 4.69) is 11.0 Å². The summed E-state index contributed by atoms with van der Waals surface area (Å²) in [4.78, 5) is 24.4. The Balaban J connectivity index is 1.74. The zero-order valence-corrected chi connectivity index (χ0v) is 19.8. The predicted molar refractivity (Wildman–Crippen MR) is 128 cm³/mol. The van der Waals surface area contributed by atoms with E-state index in [1.54, 1.807) is 13.2 Å². The molecule has 0 saturated heterocycles. The van der Waals surface area contributed by atoms with Crippen LogP contribution in [0.2, 0.25) is 0 Å². The summed E-state index contributed by atoms with van der Waals surface area (Å²) in [6.07, 6.45) is 0. The van der Waals surface area contributed by atoms with Gasteiger partial charge >= 0.3 is 0 Å². The van der Waals surface area contributed by atoms with Crippen LogP contribution in [0.4, 0.5) is 5.82 Å². The van der Waals surface area contributed by atoms with Crippen LogP contribution in [0.3, 0.4) is 0 Å². The SMILES string of the molecule is COc1ccccc1C(=O)N(CCN(C)C)Cc1cc2cc3c(cc2nc1N(C)C)OCO3. The maximum absolute atomic E-state index is 13.6. The fourth-order valence-electron chi connectivity index (χ4n) is 3.87. The number of carbonyl (C=O) groups excluding carboxylic acids is 1. The molecule has 0 fully saturated rings. The van der Waals surface area contributed by atoms with Crippen LogP contribution in [0.25, 0.3) is 10.9 Å². The Morgan fingerprint density at radius 1 is 1.03 bits per heavy atom. The first kappa shape index (κ1) is 22.7. The molecule has 1 aliphatic heterocycles. The number of para-hydroxylation sites is 1. The second-order valence-electron chi connectivity index (χ2n) is 8.49. The van der Waals surface area contributed by atoms with Crippen molar-refractivity contribution in [2.75, 3.05) is 60.1 Å². The molecule has 0 bridgehead atoms. The molecule has 2 heterocycles. The van der Waals surface area contributed by atoms with Crippen molar-refractivity contribution in [1.82, 2.24) is 14.8 Å². The van der Waals surface area contributed by atoms with Crippen molar-refractivity contribution in [3.8, 4) is 17.2 Å². The minimum Gasteiger partial charge on any atom is -0.496 e. The van der Waals surface area contributed by atoms with E-state index >= 15 is 0 Å². The van der Waals surface area contributed by atoms with Crippen molar-refractivity contribution in [3.63, 3.8) is 0 Å². The van der Waals surface area contributed by atoms with Crippen LogP contribution in [0.5, 0.6) is 17.2 Å². The third kappa shape index (κ3) is 4.80. The van der Waals surface area contributed by atoms with Gasteiger partial charge in [-0.05, 0) is 38.4 Å². The first-order chi connectivity index (χ1) is 15.9. The number of methoxy groups -OCH3 is 1. The molecule has 0 aliphatic carbocycles. The maximum Gasteiger partial charge on any atom is 0.257 e. The average Bonchev–Trinajstić information content (AvgIpc) is 3.26. The largest absolute Gasteiger partial charge is 0.496 e. The highest BCUT2D eigenvalue weighted by atomic mass is 16.7. The summed E-state index contributed by atoms with van der Waals surface area (Å²) in [6.45, 7) is 1.92. The molecule has 0 atom stereocenters. The van der Waals surface area contributed by atoms with Gasteiger partial charge in [-0.3, -0.25) is 4.79 Å². The van der Waals surface area contributed by atoms with E-state index < -0.39 is 0 Å². The number of likely N-dealkylation sites (N-methyl/N-ethyl adjacent to an activating group) is 1. The zero-order chi connectivity index (χ0) is 23.5. The quantitative estimate of drug-likeness (QED) is 0.522. The van der Waals surface area contributed by atoms with Gasteiger partial charge in [0.25, 0.3) is 5.91 Å². The third-order valence-electron chi connectivity index (χ3n) is 5.59. The molecule has 4 rings (SSSR count). The van der Waals surface area contributed by atoms with Gasteiger partial charge in [0.1, 0.15) is 11.6 Å². The summed E-state index contributed by atoms with van der Waals surface area (Å²) in [7, 11) is 9.49. The van der Waals surface area contributed by atoms with E-state index in [9.17, 15) is 4.79 Å². The van der Waals surface area contributed by atoms with Gasteiger partial charge in [0.2, 0.25) is 6.79 Å². The number of nitrogens with zero attached hydrogens (tertiary/aromatic N) is 4. The Kier molecular flexibility index (Phi) is 6.55. The molecule has 8 nitrogen and oxygen atoms in total. The minimum absolute atomic E-state index is 0.0789. The Morgan fingerprint density at radius 2 is 1.76 bits per heavy atom. The lowest BCUT2D eigenvalue weighted by molar-refractivity contribution is 0.0728. The molecular weight excluding hydrogens is 420 g/mol. The summed E-state index contributed by atoms with van der Waals surface area (Å²) < 4.78 is 16.5. The van der Waals surface area contributed by atoms with Crippen molar-refractivity contribution in [2.24, 2.45) is 0 Å². The average molecular weight is 451 g/mol. The van der Waals surface area contributed by atoms with Crippen molar-refractivity contribution in [3.05, 3.63) is 53.6 Å². The lowest BCUT2D eigenvalue weighted by atomic mass is 10.1. The number of benzene rings is 2. The molecule has 1 amide bonds. The van der Waals surface area contributed by atoms with Crippen LogP contribution in [-0.2, 0) is 6.54 Å². The number of aromatic nitrogens is 1. The molecule has 8 heteroatoms. The van der Waals surface area contributed by atoms with Crippen LogP contribution in [-0.4, -0.2) is 75.9 Å². The van der Waals surface area contributed by atoms with E-state index in [1.807, 2.05) is 68.3 Å². The van der Waals surface area contributed by atoms with E-state index in [4.69, 9.17) is 19.2 Å². The van der Waals surface area contributed by atoms with Gasteiger partial charge in [-0.25, -0.2) is 4.98 Å². The number of hydrogen-bond acceptors (Lipinski definition) is 7. The molecule has 0 spiro atoms. The topological polar surface area (TPSA) is 67.4 Å². The first-order valence-corrected chi connectivity index (χ1v) is 10.8. The maximum atomic E-state index is 13.6. The van der Waals surface area contributed by atoms with Gasteiger partial charge in [-0.1, -0.05) is 12.1 Å². The molecule has 2 aromatic carbocycles. The highest BCUT2D eigenvalue weighted by Gasteiger charge is 2.23. The Bertz CT molecular complexity index is 1160. The predicted octanol–water partition coefficient (Wildman–Crippen LogP) is 3.24. The molecule has 33 heavy (non-hydrogen) atoms. The van der Waals surface area contributed by atoms with Gasteiger partial charge in [0.05, 0.1) is 18.2 Å². The third-order valence-corrected chi connectivity index (χ3v) is 5.59. The molecule has 0 radical (unpaired) electrons. The van der Waals surface area contributed by atoms with Crippen molar-refractivity contribution in [1.29, 1.82) is 0 Å². The Hall–Kier alpha value is -3.52. The number of fused-ring (bicyclic) bond motifs is 2. The van der Waals surface area contributed by atoms with E-state index in [-0.39, 0.29) is 12.7 Å². The van der Waals surface area contributed by atoms with Crippen LogP contribution in [0.15, 0.2) is 42.5 Å². The van der Waals surface area contributed by atoms with Crippen molar-refractivity contribution in [2.45, 2.75) is 6.54 Å². The van der Waals surface area contributed by atoms with Crippen LogP contribution in [0, 0.1) is 0 Å². The van der Waals surface area contributed by atoms with Gasteiger partial charge in [0, 0.05) is 50.7 Å². The van der Waals surface area contributed by atoms with Crippen molar-refractivity contribution >= 4 is 22.6 Å². The smallest absolute Gasteiger partial charge is 0.257 e. The lowest BCUT2D eigenvalue weighted by Gasteiger charge is -2.27. The summed E-state index contributed by atoms with van der Waals surface area (Å²) in [5, 5.41) is 0.942. The summed E-state index contributed by atoms with van der Waals surface area (Å²) in [6, 6.07) is 13.3. The van der Waals surface area contributed by atoms with Gasteiger partial charge in [-0.2, -0.15) is 0 Å². The second kappa shape index (κ2) is 9.54.